The number of hydrogen-bond donors (Lipinski definition) is 1. The van der Waals surface area contributed by atoms with E-state index in [1.165, 1.54) is 16.7 Å². The highest BCUT2D eigenvalue weighted by molar-refractivity contribution is 7.09. The molecule has 3 heteroatoms. The Balaban J connectivity index is 2.60. The van der Waals surface area contributed by atoms with Crippen LogP contribution in [-0.4, -0.2) is 4.98 Å². The minimum Gasteiger partial charge on any atom is -0.325 e. The summed E-state index contributed by atoms with van der Waals surface area (Å²) in [6.45, 7) is 14.0. The number of aromatic nitrogens is 1. The van der Waals surface area contributed by atoms with Crippen molar-refractivity contribution in [3.05, 3.63) is 39.7 Å². The van der Waals surface area contributed by atoms with E-state index < -0.39 is 0 Å². The highest BCUT2D eigenvalue weighted by atomic mass is 32.1. The minimum absolute atomic E-state index is 0.128. The first kappa shape index (κ1) is 16.2. The monoisotopic (exact) mass is 302 g/mol. The molecule has 2 N–H and O–H groups in total. The molecular weight excluding hydrogens is 276 g/mol. The van der Waals surface area contributed by atoms with Crippen LogP contribution >= 0.6 is 11.3 Å². The highest BCUT2D eigenvalue weighted by Gasteiger charge is 2.21. The predicted molar refractivity (Wildman–Crippen MR) is 92.8 cm³/mol. The molecule has 0 radical (unpaired) electrons. The molecule has 1 aromatic heterocycles. The number of benzene rings is 1. The molecule has 114 valence electrons. The summed E-state index contributed by atoms with van der Waals surface area (Å²) in [5, 5.41) is 3.10. The largest absolute Gasteiger partial charge is 0.325 e. The predicted octanol–water partition coefficient (Wildman–Crippen LogP) is 4.86. The number of nitrogens with two attached hydrogens (primary N) is 1. The second kappa shape index (κ2) is 5.54. The second-order valence-corrected chi connectivity index (χ2v) is 8.57. The second-order valence-electron chi connectivity index (χ2n) is 7.63. The van der Waals surface area contributed by atoms with Crippen LogP contribution < -0.4 is 5.73 Å². The fourth-order valence-corrected chi connectivity index (χ4v) is 2.86. The molecule has 0 atom stereocenters. The van der Waals surface area contributed by atoms with E-state index in [1.54, 1.807) is 11.3 Å². The first-order valence-electron chi connectivity index (χ1n) is 7.42. The first-order valence-corrected chi connectivity index (χ1v) is 8.30. The third-order valence-electron chi connectivity index (χ3n) is 3.69. The van der Waals surface area contributed by atoms with Crippen LogP contribution in [0.15, 0.2) is 23.6 Å². The van der Waals surface area contributed by atoms with E-state index >= 15 is 0 Å². The molecule has 2 nitrogen and oxygen atoms in total. The van der Waals surface area contributed by atoms with E-state index in [2.05, 4.69) is 70.1 Å². The van der Waals surface area contributed by atoms with E-state index in [1.807, 2.05) is 0 Å². The fourth-order valence-electron chi connectivity index (χ4n) is 2.18. The van der Waals surface area contributed by atoms with Crippen LogP contribution in [-0.2, 0) is 17.4 Å². The molecule has 21 heavy (non-hydrogen) atoms. The van der Waals surface area contributed by atoms with Gasteiger partial charge in [-0.1, -0.05) is 47.6 Å². The van der Waals surface area contributed by atoms with Crippen LogP contribution in [0.5, 0.6) is 0 Å². The molecule has 1 heterocycles. The van der Waals surface area contributed by atoms with Crippen LogP contribution in [0.4, 0.5) is 0 Å². The molecule has 2 rings (SSSR count). The lowest BCUT2D eigenvalue weighted by molar-refractivity contribution is 0.569. The van der Waals surface area contributed by atoms with Crippen molar-refractivity contribution in [1.82, 2.24) is 4.98 Å². The summed E-state index contributed by atoms with van der Waals surface area (Å²) in [5.41, 5.74) is 10.9. The molecule has 1 aromatic carbocycles. The Morgan fingerprint density at radius 3 is 1.86 bits per heavy atom. The molecule has 0 aliphatic rings. The van der Waals surface area contributed by atoms with E-state index in [0.717, 1.165) is 10.7 Å². The number of hydrogen-bond acceptors (Lipinski definition) is 3. The van der Waals surface area contributed by atoms with Crippen LogP contribution in [0.1, 0.15) is 57.7 Å². The number of nitrogens with zero attached hydrogens (tertiary/aromatic N) is 1. The van der Waals surface area contributed by atoms with Crippen LogP contribution in [0.2, 0.25) is 0 Å². The van der Waals surface area contributed by atoms with Gasteiger partial charge in [0.15, 0.2) is 0 Å². The maximum absolute atomic E-state index is 5.69. The molecule has 0 unspecified atom stereocenters. The third kappa shape index (κ3) is 3.72. The molecular formula is C18H26N2S. The van der Waals surface area contributed by atoms with Crippen LogP contribution in [0.25, 0.3) is 11.3 Å². The van der Waals surface area contributed by atoms with E-state index in [0.29, 0.717) is 6.54 Å². The van der Waals surface area contributed by atoms with Crippen molar-refractivity contribution >= 4 is 11.3 Å². The summed E-state index contributed by atoms with van der Waals surface area (Å²) in [6.07, 6.45) is 0. The van der Waals surface area contributed by atoms with Gasteiger partial charge in [-0.3, -0.25) is 0 Å². The summed E-state index contributed by atoms with van der Waals surface area (Å²) in [5.74, 6) is 0. The topological polar surface area (TPSA) is 38.9 Å². The molecule has 0 bridgehead atoms. The maximum Gasteiger partial charge on any atom is 0.107 e. The van der Waals surface area contributed by atoms with Gasteiger partial charge in [-0.2, -0.15) is 0 Å². The average molecular weight is 302 g/mol. The molecule has 0 saturated heterocycles. The number of rotatable bonds is 2. The Kier molecular flexibility index (Phi) is 4.27. The van der Waals surface area contributed by atoms with Crippen molar-refractivity contribution in [3.8, 4) is 11.3 Å². The third-order valence-corrected chi connectivity index (χ3v) is 4.56. The smallest absolute Gasteiger partial charge is 0.107 e. The molecule has 0 aliphatic heterocycles. The quantitative estimate of drug-likeness (QED) is 0.860. The highest BCUT2D eigenvalue weighted by Crippen LogP contribution is 2.34. The van der Waals surface area contributed by atoms with Gasteiger partial charge < -0.3 is 5.73 Å². The molecule has 0 amide bonds. The van der Waals surface area contributed by atoms with Gasteiger partial charge in [0.1, 0.15) is 5.01 Å². The van der Waals surface area contributed by atoms with Crippen molar-refractivity contribution in [1.29, 1.82) is 0 Å². The van der Waals surface area contributed by atoms with Crippen molar-refractivity contribution in [2.75, 3.05) is 0 Å². The molecule has 2 aromatic rings. The van der Waals surface area contributed by atoms with E-state index in [4.69, 9.17) is 5.73 Å². The Bertz CT molecular complexity index is 595. The van der Waals surface area contributed by atoms with Gasteiger partial charge in [0.2, 0.25) is 0 Å². The zero-order valence-corrected chi connectivity index (χ0v) is 14.8. The van der Waals surface area contributed by atoms with Gasteiger partial charge in [0, 0.05) is 17.5 Å². The first-order chi connectivity index (χ1) is 9.61. The van der Waals surface area contributed by atoms with Crippen molar-refractivity contribution in [2.24, 2.45) is 5.73 Å². The van der Waals surface area contributed by atoms with Gasteiger partial charge in [0.25, 0.3) is 0 Å². The van der Waals surface area contributed by atoms with Crippen LogP contribution in [0, 0.1) is 0 Å². The van der Waals surface area contributed by atoms with Crippen molar-refractivity contribution in [3.63, 3.8) is 0 Å². The average Bonchev–Trinajstić information content (AvgIpc) is 2.85. The zero-order valence-electron chi connectivity index (χ0n) is 13.9. The van der Waals surface area contributed by atoms with Crippen molar-refractivity contribution < 1.29 is 0 Å². The van der Waals surface area contributed by atoms with Gasteiger partial charge in [-0.25, -0.2) is 4.98 Å². The SMILES string of the molecule is CC(C)(C)c1cc(-c2csc(CN)n2)cc(C(C)(C)C)c1. The lowest BCUT2D eigenvalue weighted by Gasteiger charge is -2.26. The normalized spacial score (nSPS) is 12.7. The van der Waals surface area contributed by atoms with Gasteiger partial charge in [-0.15, -0.1) is 11.3 Å². The standard InChI is InChI=1S/C18H26N2S/c1-17(2,3)13-7-12(8-14(9-13)18(4,5)6)15-11-21-16(10-19)20-15/h7-9,11H,10,19H2,1-6H3. The Labute approximate surface area is 132 Å². The summed E-state index contributed by atoms with van der Waals surface area (Å²) in [7, 11) is 0. The Hall–Kier alpha value is -1.19. The molecule has 0 spiro atoms. The lowest BCUT2D eigenvalue weighted by Crippen LogP contribution is -2.16. The van der Waals surface area contributed by atoms with Gasteiger partial charge in [-0.05, 0) is 34.1 Å². The maximum atomic E-state index is 5.69. The summed E-state index contributed by atoms with van der Waals surface area (Å²) >= 11 is 1.63. The molecule has 0 aliphatic carbocycles. The van der Waals surface area contributed by atoms with Crippen LogP contribution in [0.3, 0.4) is 0 Å². The lowest BCUT2D eigenvalue weighted by atomic mass is 9.79. The molecule has 0 fully saturated rings. The number of thiazole rings is 1. The summed E-state index contributed by atoms with van der Waals surface area (Å²) < 4.78 is 0. The van der Waals surface area contributed by atoms with Gasteiger partial charge >= 0.3 is 0 Å². The molecule has 0 saturated carbocycles. The van der Waals surface area contributed by atoms with E-state index in [9.17, 15) is 0 Å². The Morgan fingerprint density at radius 2 is 1.48 bits per heavy atom. The van der Waals surface area contributed by atoms with Crippen molar-refractivity contribution in [2.45, 2.75) is 58.9 Å². The summed E-state index contributed by atoms with van der Waals surface area (Å²) in [4.78, 5) is 4.64. The Morgan fingerprint density at radius 1 is 0.952 bits per heavy atom. The zero-order chi connectivity index (χ0) is 15.8. The van der Waals surface area contributed by atoms with E-state index in [-0.39, 0.29) is 10.8 Å². The fraction of sp³-hybridized carbons (Fsp3) is 0.500. The minimum atomic E-state index is 0.128. The van der Waals surface area contributed by atoms with Gasteiger partial charge in [0.05, 0.1) is 5.69 Å². The summed E-state index contributed by atoms with van der Waals surface area (Å²) in [6, 6.07) is 6.87.